The largest absolute Gasteiger partial charge is 2.00 e. The molecule has 18 heavy (non-hydrogen) atoms. The summed E-state index contributed by atoms with van der Waals surface area (Å²) in [7, 11) is 0. The first kappa shape index (κ1) is 19.1. The molecule has 0 aromatic heterocycles. The zero-order valence-corrected chi connectivity index (χ0v) is 17.5. The van der Waals surface area contributed by atoms with Gasteiger partial charge in [0.1, 0.15) is 0 Å². The first-order chi connectivity index (χ1) is 7.79. The Morgan fingerprint density at radius 3 is 1.61 bits per heavy atom. The van der Waals surface area contributed by atoms with Crippen LogP contribution in [0.1, 0.15) is 73.6 Å². The van der Waals surface area contributed by atoms with Crippen LogP contribution in [0.25, 0.3) is 0 Å². The summed E-state index contributed by atoms with van der Waals surface area (Å²) in [5, 5.41) is 0. The molecule has 0 aliphatic heterocycles. The molecule has 104 valence electrons. The third-order valence-corrected chi connectivity index (χ3v) is 4.13. The summed E-state index contributed by atoms with van der Waals surface area (Å²) >= 11 is 0. The van der Waals surface area contributed by atoms with Gasteiger partial charge in [0.05, 0.1) is 0 Å². The van der Waals surface area contributed by atoms with Gasteiger partial charge in [-0.25, -0.2) is 0 Å². The Morgan fingerprint density at radius 1 is 0.889 bits per heavy atom. The second-order valence-electron chi connectivity index (χ2n) is 7.76. The fourth-order valence-electron chi connectivity index (χ4n) is 3.22. The van der Waals surface area contributed by atoms with Crippen LogP contribution in [0.2, 0.25) is 0 Å². The minimum atomic E-state index is 0. The molecule has 2 atom stereocenters. The van der Waals surface area contributed by atoms with Crippen molar-refractivity contribution in [2.45, 2.75) is 73.6 Å². The predicted octanol–water partition coefficient (Wildman–Crippen LogP) is 5.68. The Kier molecular flexibility index (Phi) is 8.85. The fraction of sp³-hybridized carbons (Fsp3) is 0.882. The maximum Gasteiger partial charge on any atom is 2.00 e. The Morgan fingerprint density at radius 2 is 1.28 bits per heavy atom. The minimum absolute atomic E-state index is 0. The van der Waals surface area contributed by atoms with Crippen LogP contribution in [0, 0.1) is 66.6 Å². The van der Waals surface area contributed by atoms with Gasteiger partial charge in [-0.15, -0.1) is 0 Å². The molecular formula is C17H32U. The minimum Gasteiger partial charge on any atom is -0.328 e. The molecule has 2 aliphatic carbocycles. The van der Waals surface area contributed by atoms with Gasteiger partial charge < -0.3 is 12.3 Å². The van der Waals surface area contributed by atoms with Crippen LogP contribution in [0.15, 0.2) is 0 Å². The standard InChI is InChI=1S/C13H23.C4H9.U/c1-13(2,3)12-8-10-5-4-6-11(7-10)9-12;1-4(2)3;/h4,10-12H,5-9H2,1-3H3;1-3H3;/q2*-1;+2. The van der Waals surface area contributed by atoms with E-state index < -0.39 is 0 Å². The van der Waals surface area contributed by atoms with E-state index in [1.165, 1.54) is 38.0 Å². The molecule has 2 unspecified atom stereocenters. The van der Waals surface area contributed by atoms with E-state index in [1.807, 2.05) is 0 Å². The zero-order chi connectivity index (χ0) is 13.1. The molecule has 0 spiro atoms. The summed E-state index contributed by atoms with van der Waals surface area (Å²) in [6.45, 7) is 13.5. The molecule has 0 aromatic rings. The monoisotopic (exact) mass is 474 g/mol. The van der Waals surface area contributed by atoms with Gasteiger partial charge in [-0.1, -0.05) is 39.0 Å². The van der Waals surface area contributed by atoms with E-state index in [-0.39, 0.29) is 31.1 Å². The van der Waals surface area contributed by atoms with E-state index in [0.717, 1.165) is 17.8 Å². The zero-order valence-electron chi connectivity index (χ0n) is 13.3. The quantitative estimate of drug-likeness (QED) is 0.396. The van der Waals surface area contributed by atoms with E-state index in [2.05, 4.69) is 48.0 Å². The van der Waals surface area contributed by atoms with Crippen molar-refractivity contribution in [1.82, 2.24) is 0 Å². The number of hydrogen-bond donors (Lipinski definition) is 0. The van der Waals surface area contributed by atoms with E-state index >= 15 is 0 Å². The second-order valence-corrected chi connectivity index (χ2v) is 7.76. The van der Waals surface area contributed by atoms with Crippen LogP contribution >= 0.6 is 0 Å². The molecule has 0 aromatic carbocycles. The van der Waals surface area contributed by atoms with Crippen molar-refractivity contribution >= 4 is 0 Å². The Balaban J connectivity index is 0.000000512. The average Bonchev–Trinajstić information content (AvgIpc) is 2.14. The van der Waals surface area contributed by atoms with Crippen LogP contribution < -0.4 is 0 Å². The van der Waals surface area contributed by atoms with Gasteiger partial charge in [-0.05, 0) is 24.2 Å². The van der Waals surface area contributed by atoms with Crippen molar-refractivity contribution in [2.75, 3.05) is 0 Å². The van der Waals surface area contributed by atoms with Gasteiger partial charge in [-0.2, -0.15) is 33.6 Å². The van der Waals surface area contributed by atoms with Gasteiger partial charge >= 0.3 is 31.1 Å². The summed E-state index contributed by atoms with van der Waals surface area (Å²) in [5.41, 5.74) is 0.550. The van der Waals surface area contributed by atoms with E-state index in [1.54, 1.807) is 0 Å². The third kappa shape index (κ3) is 7.00. The van der Waals surface area contributed by atoms with Crippen molar-refractivity contribution in [3.8, 4) is 0 Å². The molecule has 2 fully saturated rings. The second kappa shape index (κ2) is 8.36. The predicted molar refractivity (Wildman–Crippen MR) is 77.6 cm³/mol. The van der Waals surface area contributed by atoms with E-state index in [9.17, 15) is 0 Å². The van der Waals surface area contributed by atoms with E-state index in [0.29, 0.717) is 5.41 Å². The molecule has 1 heteroatoms. The van der Waals surface area contributed by atoms with Crippen molar-refractivity contribution < 1.29 is 31.1 Å². The molecule has 0 nitrogen and oxygen atoms in total. The molecule has 2 aliphatic rings. The van der Waals surface area contributed by atoms with Crippen LogP contribution in [0.5, 0.6) is 0 Å². The maximum atomic E-state index is 2.54. The van der Waals surface area contributed by atoms with Gasteiger partial charge in [-0.3, -0.25) is 0 Å². The van der Waals surface area contributed by atoms with Crippen molar-refractivity contribution in [3.05, 3.63) is 12.3 Å². The van der Waals surface area contributed by atoms with Crippen LogP contribution in [-0.2, 0) is 0 Å². The third-order valence-electron chi connectivity index (χ3n) is 4.13. The Labute approximate surface area is 139 Å². The van der Waals surface area contributed by atoms with E-state index in [4.69, 9.17) is 0 Å². The van der Waals surface area contributed by atoms with Crippen LogP contribution in [0.3, 0.4) is 0 Å². The number of rotatable bonds is 0. The van der Waals surface area contributed by atoms with Gasteiger partial charge in [0.25, 0.3) is 0 Å². The summed E-state index contributed by atoms with van der Waals surface area (Å²) in [6, 6.07) is 0. The molecule has 0 saturated heterocycles. The molecular weight excluding hydrogens is 442 g/mol. The number of hydrogen-bond acceptors (Lipinski definition) is 0. The van der Waals surface area contributed by atoms with Gasteiger partial charge in [0.2, 0.25) is 0 Å². The first-order valence-electron chi connectivity index (χ1n) is 7.37. The Bertz CT molecular complexity index is 199. The molecule has 2 rings (SSSR count). The van der Waals surface area contributed by atoms with Gasteiger partial charge in [0.15, 0.2) is 0 Å². The van der Waals surface area contributed by atoms with Crippen LogP contribution in [0.4, 0.5) is 0 Å². The summed E-state index contributed by atoms with van der Waals surface area (Å²) in [4.78, 5) is 0. The molecule has 0 N–H and O–H groups in total. The summed E-state index contributed by atoms with van der Waals surface area (Å²) < 4.78 is 0. The maximum absolute atomic E-state index is 2.54. The smallest absolute Gasteiger partial charge is 0.328 e. The average molecular weight is 474 g/mol. The number of fused-ring (bicyclic) bond motifs is 2. The molecule has 0 radical (unpaired) electrons. The topological polar surface area (TPSA) is 0 Å². The van der Waals surface area contributed by atoms with Crippen molar-refractivity contribution in [2.24, 2.45) is 23.2 Å². The molecule has 0 heterocycles. The summed E-state index contributed by atoms with van der Waals surface area (Å²) in [5.74, 6) is 4.48. The van der Waals surface area contributed by atoms with Crippen molar-refractivity contribution in [1.29, 1.82) is 0 Å². The first-order valence-corrected chi connectivity index (χ1v) is 7.37. The molecule has 0 amide bonds. The van der Waals surface area contributed by atoms with Crippen LogP contribution in [-0.4, -0.2) is 0 Å². The van der Waals surface area contributed by atoms with Gasteiger partial charge in [0, 0.05) is 0 Å². The fourth-order valence-corrected chi connectivity index (χ4v) is 3.22. The normalized spacial score (nSPS) is 31.2. The SMILES string of the molecule is CC(C)(C)C1CC2C[CH-]CC(C2)C1.C[C-](C)C.[U+2]. The molecule has 2 bridgehead atoms. The summed E-state index contributed by atoms with van der Waals surface area (Å²) in [6.07, 6.45) is 9.87. The van der Waals surface area contributed by atoms with Crippen molar-refractivity contribution in [3.63, 3.8) is 0 Å². The Hall–Kier alpha value is 1.05. The molecule has 2 saturated carbocycles.